The molecule has 0 radical (unpaired) electrons. The highest BCUT2D eigenvalue weighted by Gasteiger charge is 2.12. The van der Waals surface area contributed by atoms with Crippen molar-refractivity contribution < 1.29 is 0 Å². The second-order valence-electron chi connectivity index (χ2n) is 2.87. The van der Waals surface area contributed by atoms with Crippen LogP contribution in [0.3, 0.4) is 0 Å². The maximum absolute atomic E-state index is 5.47. The minimum Gasteiger partial charge on any atom is -0.382 e. The molecule has 1 aromatic heterocycles. The van der Waals surface area contributed by atoms with Crippen LogP contribution < -0.4 is 11.2 Å². The number of hydrazone groups is 1. The summed E-state index contributed by atoms with van der Waals surface area (Å²) in [6.07, 6.45) is 3.78. The minimum atomic E-state index is 0.124. The number of nitrogens with one attached hydrogen (secondary N) is 1. The van der Waals surface area contributed by atoms with Crippen LogP contribution in [0.5, 0.6) is 0 Å². The van der Waals surface area contributed by atoms with E-state index in [1.807, 2.05) is 19.1 Å². The number of aryl methyl sites for hydroxylation is 1. The minimum absolute atomic E-state index is 0.124. The quantitative estimate of drug-likeness (QED) is 0.699. The summed E-state index contributed by atoms with van der Waals surface area (Å²) in [6.45, 7) is 1.98. The lowest BCUT2D eigenvalue weighted by atomic mass is 10.2. The van der Waals surface area contributed by atoms with Gasteiger partial charge in [-0.05, 0) is 30.6 Å². The van der Waals surface area contributed by atoms with Crippen molar-refractivity contribution in [2.24, 2.45) is 10.8 Å². The predicted octanol–water partition coefficient (Wildman–Crippen LogP) is 0.924. The Kier molecular flexibility index (Phi) is 2.02. The highest BCUT2D eigenvalue weighted by Crippen LogP contribution is 2.21. The van der Waals surface area contributed by atoms with Gasteiger partial charge in [0.2, 0.25) is 0 Å². The Bertz CT molecular complexity index is 366. The lowest BCUT2D eigenvalue weighted by molar-refractivity contribution is 0.659. The molecule has 0 bridgehead atoms. The molecule has 0 saturated carbocycles. The van der Waals surface area contributed by atoms with Gasteiger partial charge in [0.15, 0.2) is 0 Å². The molecule has 0 aromatic carbocycles. The number of aromatic nitrogens is 1. The fourth-order valence-corrected chi connectivity index (χ4v) is 1.88. The third-order valence-electron chi connectivity index (χ3n) is 1.74. The van der Waals surface area contributed by atoms with Crippen molar-refractivity contribution in [1.29, 1.82) is 0 Å². The number of nitrogens with two attached hydrogens (primary N) is 1. The van der Waals surface area contributed by atoms with Gasteiger partial charge in [-0.3, -0.25) is 5.43 Å². The van der Waals surface area contributed by atoms with Crippen LogP contribution in [0, 0.1) is 6.92 Å². The Morgan fingerprint density at radius 1 is 1.62 bits per heavy atom. The summed E-state index contributed by atoms with van der Waals surface area (Å²) in [5.74, 6) is 0.512. The monoisotopic (exact) mass is 194 g/mol. The molecule has 0 spiro atoms. The molecule has 2 rings (SSSR count). The van der Waals surface area contributed by atoms with Gasteiger partial charge >= 0.3 is 0 Å². The van der Waals surface area contributed by atoms with Crippen molar-refractivity contribution in [3.8, 4) is 0 Å². The van der Waals surface area contributed by atoms with Crippen LogP contribution in [0.4, 0.5) is 0 Å². The Morgan fingerprint density at radius 2 is 2.46 bits per heavy atom. The first kappa shape index (κ1) is 8.25. The first-order valence-corrected chi connectivity index (χ1v) is 4.73. The molecule has 4 nitrogen and oxygen atoms in total. The highest BCUT2D eigenvalue weighted by atomic mass is 32.1. The summed E-state index contributed by atoms with van der Waals surface area (Å²) in [5, 5.41) is 3.93. The van der Waals surface area contributed by atoms with E-state index in [-0.39, 0.29) is 6.04 Å². The average Bonchev–Trinajstić information content (AvgIpc) is 2.53. The van der Waals surface area contributed by atoms with Gasteiger partial charge in [0.05, 0.1) is 16.6 Å². The van der Waals surface area contributed by atoms with Crippen LogP contribution in [0.25, 0.3) is 0 Å². The molecule has 3 N–H and O–H groups in total. The van der Waals surface area contributed by atoms with Crippen molar-refractivity contribution in [1.82, 2.24) is 9.80 Å². The van der Waals surface area contributed by atoms with Gasteiger partial charge in [0, 0.05) is 0 Å². The van der Waals surface area contributed by atoms with Gasteiger partial charge in [0.25, 0.3) is 0 Å². The number of hydrogen-bond donors (Lipinski definition) is 2. The molecular formula is C8H10N4S. The van der Waals surface area contributed by atoms with Crippen LogP contribution in [0.15, 0.2) is 23.3 Å². The fourth-order valence-electron chi connectivity index (χ4n) is 1.11. The molecule has 68 valence electrons. The van der Waals surface area contributed by atoms with Crippen LogP contribution in [0.1, 0.15) is 16.6 Å². The van der Waals surface area contributed by atoms with Crippen LogP contribution in [-0.2, 0) is 0 Å². The van der Waals surface area contributed by atoms with Gasteiger partial charge in [-0.15, -0.1) is 0 Å². The molecule has 0 fully saturated rings. The second-order valence-corrected chi connectivity index (χ2v) is 3.71. The SMILES string of the molecule is Cc1cc(C2C=CC(N)=NN2)sn1. The topological polar surface area (TPSA) is 63.3 Å². The van der Waals surface area contributed by atoms with E-state index in [1.54, 1.807) is 6.08 Å². The van der Waals surface area contributed by atoms with Crippen LogP contribution in [-0.4, -0.2) is 10.2 Å². The van der Waals surface area contributed by atoms with E-state index in [9.17, 15) is 0 Å². The normalized spacial score (nSPS) is 21.0. The summed E-state index contributed by atoms with van der Waals surface area (Å²) in [6, 6.07) is 2.17. The zero-order chi connectivity index (χ0) is 9.26. The molecule has 13 heavy (non-hydrogen) atoms. The zero-order valence-corrected chi connectivity index (χ0v) is 8.01. The third kappa shape index (κ3) is 1.70. The van der Waals surface area contributed by atoms with Gasteiger partial charge in [-0.25, -0.2) is 0 Å². The van der Waals surface area contributed by atoms with E-state index < -0.39 is 0 Å². The molecule has 1 aliphatic heterocycles. The largest absolute Gasteiger partial charge is 0.382 e. The van der Waals surface area contributed by atoms with Crippen molar-refractivity contribution >= 4 is 17.4 Å². The maximum atomic E-state index is 5.47. The Morgan fingerprint density at radius 3 is 3.00 bits per heavy atom. The molecule has 2 heterocycles. The lowest BCUT2D eigenvalue weighted by Gasteiger charge is -2.13. The van der Waals surface area contributed by atoms with Gasteiger partial charge in [0.1, 0.15) is 5.84 Å². The predicted molar refractivity (Wildman–Crippen MR) is 53.5 cm³/mol. The Hall–Kier alpha value is -1.36. The van der Waals surface area contributed by atoms with E-state index in [1.165, 1.54) is 11.5 Å². The third-order valence-corrected chi connectivity index (χ3v) is 2.71. The molecular weight excluding hydrogens is 184 g/mol. The van der Waals surface area contributed by atoms with E-state index in [4.69, 9.17) is 5.73 Å². The fraction of sp³-hybridized carbons (Fsp3) is 0.250. The molecule has 1 aromatic rings. The van der Waals surface area contributed by atoms with E-state index in [2.05, 4.69) is 14.9 Å². The molecule has 1 aliphatic rings. The maximum Gasteiger partial charge on any atom is 0.143 e. The van der Waals surface area contributed by atoms with Gasteiger partial charge in [-0.2, -0.15) is 9.47 Å². The molecule has 0 amide bonds. The van der Waals surface area contributed by atoms with Crippen molar-refractivity contribution in [2.45, 2.75) is 13.0 Å². The summed E-state index contributed by atoms with van der Waals surface area (Å²) in [5.41, 5.74) is 9.45. The molecule has 1 unspecified atom stereocenters. The first-order valence-electron chi connectivity index (χ1n) is 3.96. The second kappa shape index (κ2) is 3.18. The molecule has 1 atom stereocenters. The van der Waals surface area contributed by atoms with Gasteiger partial charge in [-0.1, -0.05) is 6.08 Å². The van der Waals surface area contributed by atoms with Crippen LogP contribution >= 0.6 is 11.5 Å². The first-order chi connectivity index (χ1) is 6.25. The molecule has 5 heteroatoms. The summed E-state index contributed by atoms with van der Waals surface area (Å²) in [7, 11) is 0. The molecule has 0 saturated heterocycles. The Balaban J connectivity index is 2.17. The van der Waals surface area contributed by atoms with E-state index in [0.717, 1.165) is 10.6 Å². The number of rotatable bonds is 1. The smallest absolute Gasteiger partial charge is 0.143 e. The average molecular weight is 194 g/mol. The van der Waals surface area contributed by atoms with Crippen molar-refractivity contribution in [3.05, 3.63) is 28.8 Å². The molecule has 0 aliphatic carbocycles. The summed E-state index contributed by atoms with van der Waals surface area (Å²) in [4.78, 5) is 1.16. The summed E-state index contributed by atoms with van der Waals surface area (Å²) < 4.78 is 4.20. The van der Waals surface area contributed by atoms with Gasteiger partial charge < -0.3 is 5.73 Å². The number of nitrogens with zero attached hydrogens (tertiary/aromatic N) is 2. The standard InChI is InChI=1S/C8H10N4S/c1-5-4-7(13-12-5)6-2-3-8(9)11-10-6/h2-4,6,10H,1H3,(H2,9,11). The van der Waals surface area contributed by atoms with E-state index in [0.29, 0.717) is 5.84 Å². The zero-order valence-electron chi connectivity index (χ0n) is 7.19. The summed E-state index contributed by atoms with van der Waals surface area (Å²) >= 11 is 1.48. The van der Waals surface area contributed by atoms with Crippen molar-refractivity contribution in [2.75, 3.05) is 0 Å². The highest BCUT2D eigenvalue weighted by molar-refractivity contribution is 7.05. The van der Waals surface area contributed by atoms with Crippen molar-refractivity contribution in [3.63, 3.8) is 0 Å². The number of hydrogen-bond acceptors (Lipinski definition) is 5. The lowest BCUT2D eigenvalue weighted by Crippen LogP contribution is -2.23. The Labute approximate surface area is 80.3 Å². The number of amidine groups is 1. The van der Waals surface area contributed by atoms with Crippen LogP contribution in [0.2, 0.25) is 0 Å². The van der Waals surface area contributed by atoms with E-state index >= 15 is 0 Å².